The number of aryl methyl sites for hydroxylation is 2. The highest BCUT2D eigenvalue weighted by Crippen LogP contribution is 2.33. The van der Waals surface area contributed by atoms with Crippen LogP contribution in [0, 0.1) is 27.7 Å². The lowest BCUT2D eigenvalue weighted by Crippen LogP contribution is -2.00. The number of nitrogens with zero attached hydrogens (tertiary/aromatic N) is 1. The summed E-state index contributed by atoms with van der Waals surface area (Å²) in [5.41, 5.74) is 13.9. The molecule has 2 rings (SSSR count). The van der Waals surface area contributed by atoms with Gasteiger partial charge in [-0.2, -0.15) is 0 Å². The van der Waals surface area contributed by atoms with E-state index in [0.717, 1.165) is 11.4 Å². The predicted molar refractivity (Wildman–Crippen MR) is 73.0 cm³/mol. The van der Waals surface area contributed by atoms with Crippen LogP contribution in [-0.2, 0) is 0 Å². The molecule has 1 aromatic heterocycles. The van der Waals surface area contributed by atoms with E-state index in [2.05, 4.69) is 38.7 Å². The summed E-state index contributed by atoms with van der Waals surface area (Å²) in [7, 11) is 0. The Morgan fingerprint density at radius 3 is 2.12 bits per heavy atom. The maximum atomic E-state index is 6.03. The van der Waals surface area contributed by atoms with Gasteiger partial charge < -0.3 is 5.73 Å². The van der Waals surface area contributed by atoms with Crippen molar-refractivity contribution in [2.75, 3.05) is 5.73 Å². The molecule has 0 amide bonds. The third-order valence-corrected chi connectivity index (χ3v) is 3.44. The normalized spacial score (nSPS) is 10.6. The molecule has 0 radical (unpaired) electrons. The smallest absolute Gasteiger partial charge is 0.0936 e. The number of aromatic nitrogens is 1. The van der Waals surface area contributed by atoms with Crippen LogP contribution in [0.1, 0.15) is 22.3 Å². The minimum absolute atomic E-state index is 0.740. The molecular weight excluding hydrogens is 208 g/mol. The molecule has 88 valence electrons. The van der Waals surface area contributed by atoms with Crippen LogP contribution in [0.2, 0.25) is 0 Å². The van der Waals surface area contributed by atoms with Crippen LogP contribution in [-0.4, -0.2) is 4.98 Å². The van der Waals surface area contributed by atoms with Gasteiger partial charge in [-0.3, -0.25) is 4.98 Å². The first kappa shape index (κ1) is 11.6. The fourth-order valence-electron chi connectivity index (χ4n) is 2.20. The van der Waals surface area contributed by atoms with Crippen molar-refractivity contribution < 1.29 is 0 Å². The van der Waals surface area contributed by atoms with E-state index in [1.54, 1.807) is 6.20 Å². The Morgan fingerprint density at radius 2 is 1.59 bits per heavy atom. The van der Waals surface area contributed by atoms with Gasteiger partial charge in [0.05, 0.1) is 11.4 Å². The zero-order valence-electron chi connectivity index (χ0n) is 10.8. The van der Waals surface area contributed by atoms with Crippen molar-refractivity contribution in [3.05, 3.63) is 46.6 Å². The Bertz CT molecular complexity index is 545. The van der Waals surface area contributed by atoms with Gasteiger partial charge in [-0.15, -0.1) is 0 Å². The van der Waals surface area contributed by atoms with Crippen molar-refractivity contribution in [3.8, 4) is 11.3 Å². The quantitative estimate of drug-likeness (QED) is 0.807. The van der Waals surface area contributed by atoms with Gasteiger partial charge >= 0.3 is 0 Å². The van der Waals surface area contributed by atoms with E-state index in [4.69, 9.17) is 5.73 Å². The van der Waals surface area contributed by atoms with E-state index in [1.807, 2.05) is 12.1 Å². The number of anilines is 1. The lowest BCUT2D eigenvalue weighted by molar-refractivity contribution is 1.22. The molecule has 2 N–H and O–H groups in total. The minimum Gasteiger partial charge on any atom is -0.397 e. The molecule has 0 aliphatic carbocycles. The third kappa shape index (κ3) is 1.91. The average Bonchev–Trinajstić information content (AvgIpc) is 2.29. The largest absolute Gasteiger partial charge is 0.397 e. The summed E-state index contributed by atoms with van der Waals surface area (Å²) in [5.74, 6) is 0. The molecule has 0 atom stereocenters. The molecule has 0 saturated carbocycles. The highest BCUT2D eigenvalue weighted by Gasteiger charge is 2.13. The first-order valence-corrected chi connectivity index (χ1v) is 5.80. The van der Waals surface area contributed by atoms with Gasteiger partial charge in [0, 0.05) is 11.8 Å². The summed E-state index contributed by atoms with van der Waals surface area (Å²) in [6.07, 6.45) is 1.79. The highest BCUT2D eigenvalue weighted by molar-refractivity contribution is 5.78. The number of pyridine rings is 1. The van der Waals surface area contributed by atoms with Crippen molar-refractivity contribution in [2.45, 2.75) is 27.7 Å². The lowest BCUT2D eigenvalue weighted by atomic mass is 9.91. The second-order valence-electron chi connectivity index (χ2n) is 4.58. The maximum absolute atomic E-state index is 6.03. The predicted octanol–water partition coefficient (Wildman–Crippen LogP) is 3.56. The van der Waals surface area contributed by atoms with Crippen molar-refractivity contribution in [3.63, 3.8) is 0 Å². The maximum Gasteiger partial charge on any atom is 0.0936 e. The molecule has 0 aliphatic heterocycles. The van der Waals surface area contributed by atoms with E-state index in [0.29, 0.717) is 0 Å². The monoisotopic (exact) mass is 226 g/mol. The molecule has 0 aliphatic rings. The van der Waals surface area contributed by atoms with E-state index in [1.165, 1.54) is 27.8 Å². The molecule has 2 nitrogen and oxygen atoms in total. The number of hydrogen-bond donors (Lipinski definition) is 1. The summed E-state index contributed by atoms with van der Waals surface area (Å²) in [4.78, 5) is 4.43. The second kappa shape index (κ2) is 4.21. The van der Waals surface area contributed by atoms with Gasteiger partial charge in [-0.1, -0.05) is 6.07 Å². The lowest BCUT2D eigenvalue weighted by Gasteiger charge is -2.15. The molecule has 2 aromatic rings. The molecular formula is C15H18N2. The zero-order chi connectivity index (χ0) is 12.6. The van der Waals surface area contributed by atoms with Gasteiger partial charge in [0.25, 0.3) is 0 Å². The second-order valence-corrected chi connectivity index (χ2v) is 4.58. The molecule has 2 heteroatoms. The minimum atomic E-state index is 0.740. The molecule has 0 bridgehead atoms. The van der Waals surface area contributed by atoms with Gasteiger partial charge in [0.1, 0.15) is 0 Å². The Labute approximate surface area is 103 Å². The fraction of sp³-hybridized carbons (Fsp3) is 0.267. The average molecular weight is 226 g/mol. The summed E-state index contributed by atoms with van der Waals surface area (Å²) >= 11 is 0. The molecule has 1 aromatic carbocycles. The summed E-state index contributed by atoms with van der Waals surface area (Å²) < 4.78 is 0. The SMILES string of the molecule is Cc1cc(C)c(C)c(-c2ncccc2N)c1C. The third-order valence-electron chi connectivity index (χ3n) is 3.44. The van der Waals surface area contributed by atoms with Crippen LogP contribution < -0.4 is 5.73 Å². The van der Waals surface area contributed by atoms with Crippen LogP contribution >= 0.6 is 0 Å². The van der Waals surface area contributed by atoms with E-state index >= 15 is 0 Å². The number of benzene rings is 1. The van der Waals surface area contributed by atoms with Crippen LogP contribution in [0.4, 0.5) is 5.69 Å². The van der Waals surface area contributed by atoms with Crippen LogP contribution in [0.3, 0.4) is 0 Å². The Balaban J connectivity index is 2.80. The van der Waals surface area contributed by atoms with Gasteiger partial charge in [-0.25, -0.2) is 0 Å². The summed E-state index contributed by atoms with van der Waals surface area (Å²) in [6.45, 7) is 8.52. The van der Waals surface area contributed by atoms with Crippen molar-refractivity contribution in [1.29, 1.82) is 0 Å². The number of nitrogens with two attached hydrogens (primary N) is 1. The molecule has 0 spiro atoms. The van der Waals surface area contributed by atoms with Crippen LogP contribution in [0.25, 0.3) is 11.3 Å². The standard InChI is InChI=1S/C15H18N2/c1-9-8-10(2)12(4)14(11(9)3)15-13(16)6-5-7-17-15/h5-8H,16H2,1-4H3. The molecule has 0 saturated heterocycles. The topological polar surface area (TPSA) is 38.9 Å². The van der Waals surface area contributed by atoms with Gasteiger partial charge in [0.15, 0.2) is 0 Å². The summed E-state index contributed by atoms with van der Waals surface area (Å²) in [6, 6.07) is 5.98. The van der Waals surface area contributed by atoms with Crippen LogP contribution in [0.15, 0.2) is 24.4 Å². The Hall–Kier alpha value is -1.83. The van der Waals surface area contributed by atoms with Crippen molar-refractivity contribution in [1.82, 2.24) is 4.98 Å². The number of nitrogen functional groups attached to an aromatic ring is 1. The molecule has 0 unspecified atom stereocenters. The van der Waals surface area contributed by atoms with E-state index in [-0.39, 0.29) is 0 Å². The van der Waals surface area contributed by atoms with Gasteiger partial charge in [-0.05, 0) is 62.1 Å². The van der Waals surface area contributed by atoms with Crippen molar-refractivity contribution in [2.24, 2.45) is 0 Å². The van der Waals surface area contributed by atoms with E-state index in [9.17, 15) is 0 Å². The van der Waals surface area contributed by atoms with Crippen molar-refractivity contribution >= 4 is 5.69 Å². The number of rotatable bonds is 1. The van der Waals surface area contributed by atoms with Crippen LogP contribution in [0.5, 0.6) is 0 Å². The molecule has 17 heavy (non-hydrogen) atoms. The summed E-state index contributed by atoms with van der Waals surface area (Å²) in [5, 5.41) is 0. The first-order chi connectivity index (χ1) is 8.02. The zero-order valence-corrected chi connectivity index (χ0v) is 10.8. The fourth-order valence-corrected chi connectivity index (χ4v) is 2.20. The Kier molecular flexibility index (Phi) is 2.88. The highest BCUT2D eigenvalue weighted by atomic mass is 14.7. The van der Waals surface area contributed by atoms with Gasteiger partial charge in [0.2, 0.25) is 0 Å². The Morgan fingerprint density at radius 1 is 1.00 bits per heavy atom. The molecule has 1 heterocycles. The van der Waals surface area contributed by atoms with E-state index < -0.39 is 0 Å². The first-order valence-electron chi connectivity index (χ1n) is 5.80. The molecule has 0 fully saturated rings. The number of hydrogen-bond acceptors (Lipinski definition) is 2.